The zero-order valence-electron chi connectivity index (χ0n) is 20.0. The Hall–Kier alpha value is -3.37. The monoisotopic (exact) mass is 542 g/mol. The number of aliphatic carboxylic acids is 2. The Morgan fingerprint density at radius 3 is 2.70 bits per heavy atom. The highest BCUT2D eigenvalue weighted by Crippen LogP contribution is 2.38. The minimum atomic E-state index is -1.82. The van der Waals surface area contributed by atoms with Crippen LogP contribution in [0.2, 0.25) is 5.02 Å². The van der Waals surface area contributed by atoms with Crippen molar-refractivity contribution in [1.29, 1.82) is 0 Å². The van der Waals surface area contributed by atoms with Crippen LogP contribution < -0.4 is 10.1 Å². The molecular weight excluding hydrogens is 516 g/mol. The summed E-state index contributed by atoms with van der Waals surface area (Å²) in [6.45, 7) is 3.37. The van der Waals surface area contributed by atoms with Gasteiger partial charge in [-0.3, -0.25) is 0 Å². The van der Waals surface area contributed by atoms with Crippen LogP contribution in [0.1, 0.15) is 24.6 Å². The van der Waals surface area contributed by atoms with Crippen LogP contribution in [0.25, 0.3) is 26.6 Å². The summed E-state index contributed by atoms with van der Waals surface area (Å²) in [5, 5.41) is 32.1. The second-order valence-electron chi connectivity index (χ2n) is 8.70. The number of nitrogens with one attached hydrogen (secondary N) is 2. The average Bonchev–Trinajstić information content (AvgIpc) is 3.51. The molecule has 2 aromatic carbocycles. The molecule has 5 rings (SSSR count). The zero-order valence-corrected chi connectivity index (χ0v) is 21.6. The molecule has 37 heavy (non-hydrogen) atoms. The molecule has 194 valence electrons. The van der Waals surface area contributed by atoms with Crippen molar-refractivity contribution in [2.75, 3.05) is 13.2 Å². The summed E-state index contributed by atoms with van der Waals surface area (Å²) in [6.07, 6.45) is 2.86. The number of hydrogen-bond donors (Lipinski definition) is 5. The molecule has 0 amide bonds. The Morgan fingerprint density at radius 1 is 1.16 bits per heavy atom. The molecule has 0 fully saturated rings. The standard InChI is InChI=1S/C25H25ClN2O2S.C2H2O4/c1-15-21(13-18(29)14-30-23-4-2-3-22-20(23)8-10-28-22)19(7-9-27-15)25-12-16-11-17(26)5-6-24(16)31-25;3-1(4)2(5)6/h2-6,8,10-12,15,18,27-29H,7,9,13-14H2,1H3;(H,3,4)(H,5,6)/t15?,18-;/m0./s1. The molecule has 0 saturated heterocycles. The van der Waals surface area contributed by atoms with E-state index in [1.165, 1.54) is 26.1 Å². The number of fused-ring (bicyclic) bond motifs is 2. The maximum Gasteiger partial charge on any atom is 0.414 e. The molecule has 2 aromatic heterocycles. The summed E-state index contributed by atoms with van der Waals surface area (Å²) in [5.74, 6) is -2.85. The van der Waals surface area contributed by atoms with Gasteiger partial charge in [0.25, 0.3) is 0 Å². The largest absolute Gasteiger partial charge is 0.490 e. The van der Waals surface area contributed by atoms with Crippen molar-refractivity contribution in [1.82, 2.24) is 10.3 Å². The molecule has 10 heteroatoms. The van der Waals surface area contributed by atoms with Crippen molar-refractivity contribution in [2.24, 2.45) is 0 Å². The van der Waals surface area contributed by atoms with Gasteiger partial charge < -0.3 is 30.4 Å². The van der Waals surface area contributed by atoms with E-state index < -0.39 is 18.0 Å². The molecule has 5 N–H and O–H groups in total. The first-order valence-corrected chi connectivity index (χ1v) is 12.9. The second-order valence-corrected chi connectivity index (χ2v) is 10.2. The fourth-order valence-corrected chi connectivity index (χ4v) is 5.72. The van der Waals surface area contributed by atoms with Crippen molar-refractivity contribution in [2.45, 2.75) is 31.9 Å². The van der Waals surface area contributed by atoms with Crippen LogP contribution in [0.5, 0.6) is 5.75 Å². The number of thiophene rings is 1. The first-order chi connectivity index (χ1) is 17.7. The molecule has 0 bridgehead atoms. The minimum absolute atomic E-state index is 0.223. The highest BCUT2D eigenvalue weighted by molar-refractivity contribution is 7.20. The number of rotatable bonds is 6. The Bertz CT molecular complexity index is 1450. The Morgan fingerprint density at radius 2 is 1.95 bits per heavy atom. The van der Waals surface area contributed by atoms with E-state index in [0.717, 1.165) is 34.6 Å². The van der Waals surface area contributed by atoms with Gasteiger partial charge in [0, 0.05) is 37.7 Å². The first-order valence-electron chi connectivity index (χ1n) is 11.7. The van der Waals surface area contributed by atoms with Gasteiger partial charge in [-0.2, -0.15) is 0 Å². The summed E-state index contributed by atoms with van der Waals surface area (Å²) in [7, 11) is 0. The highest BCUT2D eigenvalue weighted by atomic mass is 35.5. The van der Waals surface area contributed by atoms with Crippen molar-refractivity contribution >= 4 is 61.4 Å². The number of aliphatic hydroxyl groups excluding tert-OH is 1. The third-order valence-electron chi connectivity index (χ3n) is 6.14. The zero-order chi connectivity index (χ0) is 26.5. The molecule has 0 spiro atoms. The number of hydrogen-bond acceptors (Lipinski definition) is 6. The van der Waals surface area contributed by atoms with E-state index in [2.05, 4.69) is 29.4 Å². The van der Waals surface area contributed by atoms with E-state index in [-0.39, 0.29) is 12.6 Å². The molecule has 8 nitrogen and oxygen atoms in total. The second kappa shape index (κ2) is 11.8. The molecule has 1 aliphatic heterocycles. The van der Waals surface area contributed by atoms with E-state index >= 15 is 0 Å². The summed E-state index contributed by atoms with van der Waals surface area (Å²) >= 11 is 7.98. The van der Waals surface area contributed by atoms with E-state index in [4.69, 9.17) is 36.1 Å². The summed E-state index contributed by atoms with van der Waals surface area (Å²) in [5.41, 5.74) is 3.64. The van der Waals surface area contributed by atoms with E-state index in [1.807, 2.05) is 42.6 Å². The smallest absolute Gasteiger partial charge is 0.414 e. The number of H-pyrrole nitrogens is 1. The van der Waals surface area contributed by atoms with Crippen LogP contribution in [0.15, 0.2) is 60.3 Å². The number of carboxylic acid groups (broad SMARTS) is 2. The molecule has 2 atom stereocenters. The molecule has 1 aliphatic rings. The third-order valence-corrected chi connectivity index (χ3v) is 7.55. The van der Waals surface area contributed by atoms with Gasteiger partial charge in [0.05, 0.1) is 6.10 Å². The number of ether oxygens (including phenoxy) is 1. The molecule has 0 aliphatic carbocycles. The lowest BCUT2D eigenvalue weighted by Gasteiger charge is -2.28. The van der Waals surface area contributed by atoms with Crippen molar-refractivity contribution < 1.29 is 29.6 Å². The lowest BCUT2D eigenvalue weighted by Crippen LogP contribution is -2.35. The predicted molar refractivity (Wildman–Crippen MR) is 146 cm³/mol. The van der Waals surface area contributed by atoms with Gasteiger partial charge in [0.1, 0.15) is 12.4 Å². The lowest BCUT2D eigenvalue weighted by atomic mass is 9.90. The quantitative estimate of drug-likeness (QED) is 0.213. The van der Waals surface area contributed by atoms with Crippen molar-refractivity contribution in [3.63, 3.8) is 0 Å². The average molecular weight is 543 g/mol. The maximum absolute atomic E-state index is 10.8. The van der Waals surface area contributed by atoms with Crippen molar-refractivity contribution in [3.05, 3.63) is 70.2 Å². The Kier molecular flexibility index (Phi) is 8.50. The molecule has 0 radical (unpaired) electrons. The maximum atomic E-state index is 10.8. The number of carbonyl (C=O) groups is 2. The van der Waals surface area contributed by atoms with E-state index in [0.29, 0.717) is 6.42 Å². The van der Waals surface area contributed by atoms with Crippen LogP contribution in [0.4, 0.5) is 0 Å². The summed E-state index contributed by atoms with van der Waals surface area (Å²) < 4.78 is 7.23. The lowest BCUT2D eigenvalue weighted by molar-refractivity contribution is -0.159. The van der Waals surface area contributed by atoms with Crippen LogP contribution in [0, 0.1) is 0 Å². The first kappa shape index (κ1) is 26.7. The number of carboxylic acids is 2. The van der Waals surface area contributed by atoms with Crippen LogP contribution in [0.3, 0.4) is 0 Å². The van der Waals surface area contributed by atoms with E-state index in [1.54, 1.807) is 11.3 Å². The molecular formula is C27H27ClN2O6S. The number of aliphatic hydroxyl groups is 1. The number of aromatic nitrogens is 1. The Labute approximate surface area is 222 Å². The number of aromatic amines is 1. The summed E-state index contributed by atoms with van der Waals surface area (Å²) in [6, 6.07) is 16.4. The highest BCUT2D eigenvalue weighted by Gasteiger charge is 2.24. The van der Waals surface area contributed by atoms with Gasteiger partial charge >= 0.3 is 11.9 Å². The van der Waals surface area contributed by atoms with Gasteiger partial charge in [-0.25, -0.2) is 9.59 Å². The normalized spacial score (nSPS) is 16.4. The minimum Gasteiger partial charge on any atom is -0.490 e. The molecule has 4 aromatic rings. The van der Waals surface area contributed by atoms with E-state index in [9.17, 15) is 5.11 Å². The van der Waals surface area contributed by atoms with Crippen LogP contribution >= 0.6 is 22.9 Å². The molecule has 0 saturated carbocycles. The van der Waals surface area contributed by atoms with Gasteiger partial charge in [-0.1, -0.05) is 17.7 Å². The topological polar surface area (TPSA) is 132 Å². The SMILES string of the molecule is CC1NCCC(c2cc3cc(Cl)ccc3s2)=C1C[C@H](O)COc1cccc2[nH]ccc12.O=C(O)C(=O)O. The van der Waals surface area contributed by atoms with Gasteiger partial charge in [0.2, 0.25) is 0 Å². The number of benzene rings is 2. The van der Waals surface area contributed by atoms with Crippen molar-refractivity contribution in [3.8, 4) is 5.75 Å². The third kappa shape index (κ3) is 6.50. The Balaban J connectivity index is 0.000000480. The molecule has 1 unspecified atom stereocenters. The summed E-state index contributed by atoms with van der Waals surface area (Å²) in [4.78, 5) is 22.7. The fraction of sp³-hybridized carbons (Fsp3) is 0.259. The van der Waals surface area contributed by atoms with Gasteiger partial charge in [-0.05, 0) is 85.3 Å². The van der Waals surface area contributed by atoms with Crippen LogP contribution in [-0.4, -0.2) is 57.5 Å². The predicted octanol–water partition coefficient (Wildman–Crippen LogP) is 5.16. The molecule has 3 heterocycles. The fourth-order valence-electron chi connectivity index (χ4n) is 4.38. The van der Waals surface area contributed by atoms with Crippen LogP contribution in [-0.2, 0) is 9.59 Å². The number of halogens is 1. The van der Waals surface area contributed by atoms with Gasteiger partial charge in [-0.15, -0.1) is 11.3 Å². The van der Waals surface area contributed by atoms with Gasteiger partial charge in [0.15, 0.2) is 0 Å².